The Bertz CT molecular complexity index is 924. The number of carbonyl (C=O) groups is 2. The van der Waals surface area contributed by atoms with E-state index in [0.717, 1.165) is 11.3 Å². The third-order valence-corrected chi connectivity index (χ3v) is 4.35. The first-order valence-corrected chi connectivity index (χ1v) is 8.53. The standard InChI is InChI=1S/C20H22N2O4/c1-4-21(12-15-8-6-5-7-9-15)19(23)13-22-16-10-14(2)26-18(16)11-17(22)20(24)25-3/h5-11H,4,12-13H2,1-3H3. The molecule has 136 valence electrons. The highest BCUT2D eigenvalue weighted by Crippen LogP contribution is 2.24. The van der Waals surface area contributed by atoms with E-state index in [-0.39, 0.29) is 12.5 Å². The number of ether oxygens (including phenoxy) is 1. The average Bonchev–Trinajstić information content (AvgIpc) is 3.16. The fraction of sp³-hybridized carbons (Fsp3) is 0.300. The predicted molar refractivity (Wildman–Crippen MR) is 97.8 cm³/mol. The number of hydrogen-bond donors (Lipinski definition) is 0. The number of hydrogen-bond acceptors (Lipinski definition) is 4. The average molecular weight is 354 g/mol. The van der Waals surface area contributed by atoms with Gasteiger partial charge in [0.15, 0.2) is 5.58 Å². The molecule has 2 aromatic heterocycles. The van der Waals surface area contributed by atoms with E-state index >= 15 is 0 Å². The Morgan fingerprint density at radius 2 is 1.92 bits per heavy atom. The van der Waals surface area contributed by atoms with Crippen LogP contribution in [0.4, 0.5) is 0 Å². The van der Waals surface area contributed by atoms with Gasteiger partial charge in [0.25, 0.3) is 0 Å². The van der Waals surface area contributed by atoms with Gasteiger partial charge in [-0.05, 0) is 19.4 Å². The van der Waals surface area contributed by atoms with Gasteiger partial charge in [0, 0.05) is 25.2 Å². The molecule has 0 bridgehead atoms. The van der Waals surface area contributed by atoms with Crippen molar-refractivity contribution < 1.29 is 18.7 Å². The van der Waals surface area contributed by atoms with Gasteiger partial charge in [-0.1, -0.05) is 30.3 Å². The number of methoxy groups -OCH3 is 1. The van der Waals surface area contributed by atoms with E-state index in [1.165, 1.54) is 7.11 Å². The second-order valence-corrected chi connectivity index (χ2v) is 6.11. The first-order valence-electron chi connectivity index (χ1n) is 8.53. The number of nitrogens with zero attached hydrogens (tertiary/aromatic N) is 2. The van der Waals surface area contributed by atoms with Crippen molar-refractivity contribution in [1.82, 2.24) is 9.47 Å². The lowest BCUT2D eigenvalue weighted by atomic mass is 10.2. The van der Waals surface area contributed by atoms with Crippen LogP contribution in [0, 0.1) is 6.92 Å². The van der Waals surface area contributed by atoms with E-state index in [2.05, 4.69) is 0 Å². The third-order valence-electron chi connectivity index (χ3n) is 4.35. The van der Waals surface area contributed by atoms with Crippen LogP contribution in [0.5, 0.6) is 0 Å². The summed E-state index contributed by atoms with van der Waals surface area (Å²) in [6.07, 6.45) is 0. The molecule has 3 rings (SSSR count). The maximum Gasteiger partial charge on any atom is 0.354 e. The summed E-state index contributed by atoms with van der Waals surface area (Å²) in [6, 6.07) is 13.3. The summed E-state index contributed by atoms with van der Waals surface area (Å²) >= 11 is 0. The van der Waals surface area contributed by atoms with Gasteiger partial charge in [0.2, 0.25) is 5.91 Å². The number of fused-ring (bicyclic) bond motifs is 1. The molecular weight excluding hydrogens is 332 g/mol. The van der Waals surface area contributed by atoms with E-state index < -0.39 is 5.97 Å². The van der Waals surface area contributed by atoms with E-state index in [1.54, 1.807) is 15.5 Å². The minimum Gasteiger partial charge on any atom is -0.464 e. The molecule has 0 N–H and O–H groups in total. The SMILES string of the molecule is CCN(Cc1ccccc1)C(=O)Cn1c(C(=O)OC)cc2oc(C)cc21. The lowest BCUT2D eigenvalue weighted by Crippen LogP contribution is -2.33. The Morgan fingerprint density at radius 3 is 2.58 bits per heavy atom. The normalized spacial score (nSPS) is 10.9. The van der Waals surface area contributed by atoms with Crippen LogP contribution in [0.3, 0.4) is 0 Å². The molecule has 0 radical (unpaired) electrons. The number of furan rings is 1. The summed E-state index contributed by atoms with van der Waals surface area (Å²) in [5.74, 6) is 0.162. The highest BCUT2D eigenvalue weighted by molar-refractivity contribution is 5.95. The highest BCUT2D eigenvalue weighted by Gasteiger charge is 2.22. The molecular formula is C20H22N2O4. The maximum atomic E-state index is 12.9. The van der Waals surface area contributed by atoms with Crippen LogP contribution in [0.1, 0.15) is 28.7 Å². The molecule has 0 aliphatic heterocycles. The summed E-state index contributed by atoms with van der Waals surface area (Å²) < 4.78 is 12.1. The molecule has 0 aliphatic carbocycles. The van der Waals surface area contributed by atoms with Crippen LogP contribution in [0.15, 0.2) is 46.9 Å². The second kappa shape index (κ2) is 7.47. The molecule has 0 atom stereocenters. The number of carbonyl (C=O) groups excluding carboxylic acids is 2. The Morgan fingerprint density at radius 1 is 1.19 bits per heavy atom. The van der Waals surface area contributed by atoms with Gasteiger partial charge in [0.05, 0.1) is 12.6 Å². The Balaban J connectivity index is 1.88. The number of rotatable bonds is 6. The topological polar surface area (TPSA) is 64.7 Å². The van der Waals surface area contributed by atoms with Crippen LogP contribution in [0.25, 0.3) is 11.1 Å². The van der Waals surface area contributed by atoms with Crippen LogP contribution < -0.4 is 0 Å². The number of likely N-dealkylation sites (N-methyl/N-ethyl adjacent to an activating group) is 1. The number of aromatic nitrogens is 1. The molecule has 1 aromatic carbocycles. The molecule has 0 spiro atoms. The van der Waals surface area contributed by atoms with E-state index in [0.29, 0.717) is 29.9 Å². The Hall–Kier alpha value is -3.02. The van der Waals surface area contributed by atoms with Crippen LogP contribution in [0.2, 0.25) is 0 Å². The molecule has 2 heterocycles. The summed E-state index contributed by atoms with van der Waals surface area (Å²) in [5.41, 5.74) is 2.66. The predicted octanol–water partition coefficient (Wildman–Crippen LogP) is 3.38. The van der Waals surface area contributed by atoms with Gasteiger partial charge in [-0.2, -0.15) is 0 Å². The highest BCUT2D eigenvalue weighted by atomic mass is 16.5. The monoisotopic (exact) mass is 354 g/mol. The number of amides is 1. The Kier molecular flexibility index (Phi) is 5.11. The third kappa shape index (κ3) is 3.49. The van der Waals surface area contributed by atoms with E-state index in [1.807, 2.05) is 50.2 Å². The zero-order valence-corrected chi connectivity index (χ0v) is 15.2. The minimum absolute atomic E-state index is 0.0492. The zero-order valence-electron chi connectivity index (χ0n) is 15.2. The molecule has 6 heteroatoms. The van der Waals surface area contributed by atoms with Gasteiger partial charge in [-0.25, -0.2) is 4.79 Å². The van der Waals surface area contributed by atoms with Crippen molar-refractivity contribution in [2.75, 3.05) is 13.7 Å². The molecule has 1 amide bonds. The van der Waals surface area contributed by atoms with Crippen molar-refractivity contribution in [2.24, 2.45) is 0 Å². The van der Waals surface area contributed by atoms with Crippen LogP contribution in [-0.4, -0.2) is 35.0 Å². The molecule has 0 saturated carbocycles. The fourth-order valence-electron chi connectivity index (χ4n) is 3.02. The van der Waals surface area contributed by atoms with Crippen LogP contribution >= 0.6 is 0 Å². The van der Waals surface area contributed by atoms with Crippen molar-refractivity contribution >= 4 is 23.0 Å². The van der Waals surface area contributed by atoms with E-state index in [4.69, 9.17) is 9.15 Å². The Labute approximate surface area is 151 Å². The van der Waals surface area contributed by atoms with Crippen molar-refractivity contribution in [1.29, 1.82) is 0 Å². The van der Waals surface area contributed by atoms with Crippen LogP contribution in [-0.2, 0) is 22.6 Å². The first-order chi connectivity index (χ1) is 12.5. The second-order valence-electron chi connectivity index (χ2n) is 6.11. The van der Waals surface area contributed by atoms with Crippen molar-refractivity contribution in [2.45, 2.75) is 26.9 Å². The summed E-state index contributed by atoms with van der Waals surface area (Å²) in [4.78, 5) is 26.7. The van der Waals surface area contributed by atoms with Gasteiger partial charge < -0.3 is 18.6 Å². The quantitative estimate of drug-likeness (QED) is 0.637. The lowest BCUT2D eigenvalue weighted by Gasteiger charge is -2.22. The molecule has 0 saturated heterocycles. The number of aryl methyl sites for hydroxylation is 1. The summed E-state index contributed by atoms with van der Waals surface area (Å²) in [6.45, 7) is 4.93. The summed E-state index contributed by atoms with van der Waals surface area (Å²) in [5, 5.41) is 0. The molecule has 6 nitrogen and oxygen atoms in total. The zero-order chi connectivity index (χ0) is 18.7. The van der Waals surface area contributed by atoms with Gasteiger partial charge in [-0.3, -0.25) is 4.79 Å². The van der Waals surface area contributed by atoms with Crippen molar-refractivity contribution in [3.8, 4) is 0 Å². The first kappa shape index (κ1) is 17.8. The largest absolute Gasteiger partial charge is 0.464 e. The van der Waals surface area contributed by atoms with Crippen molar-refractivity contribution in [3.63, 3.8) is 0 Å². The molecule has 26 heavy (non-hydrogen) atoms. The number of esters is 1. The van der Waals surface area contributed by atoms with Crippen molar-refractivity contribution in [3.05, 3.63) is 59.5 Å². The lowest BCUT2D eigenvalue weighted by molar-refractivity contribution is -0.132. The smallest absolute Gasteiger partial charge is 0.354 e. The molecule has 3 aromatic rings. The summed E-state index contributed by atoms with van der Waals surface area (Å²) in [7, 11) is 1.32. The molecule has 0 aliphatic rings. The molecule has 0 fully saturated rings. The fourth-order valence-corrected chi connectivity index (χ4v) is 3.02. The minimum atomic E-state index is -0.493. The van der Waals surface area contributed by atoms with E-state index in [9.17, 15) is 9.59 Å². The van der Waals surface area contributed by atoms with Gasteiger partial charge >= 0.3 is 5.97 Å². The maximum absolute atomic E-state index is 12.9. The molecule has 0 unspecified atom stereocenters. The number of benzene rings is 1. The van der Waals surface area contributed by atoms with Gasteiger partial charge in [0.1, 0.15) is 18.0 Å². The van der Waals surface area contributed by atoms with Gasteiger partial charge in [-0.15, -0.1) is 0 Å².